The first kappa shape index (κ1) is 21.5. The second-order valence-corrected chi connectivity index (χ2v) is 8.28. The standard InChI is InChI=1S/C23H36N4O2/c1-24-23(25-14-6-10-18-7-3-2-4-8-18)26-16-19-9-5-11-21(15-19)29-17-22(28)27-20-12-13-20/h5,9,11,15,18,20H,2-4,6-8,10,12-14,16-17H2,1H3,(H,27,28)(H2,24,25,26). The first-order chi connectivity index (χ1) is 14.2. The lowest BCUT2D eigenvalue weighted by Gasteiger charge is -2.21. The van der Waals surface area contributed by atoms with Crippen LogP contribution in [0.4, 0.5) is 0 Å². The van der Waals surface area contributed by atoms with Gasteiger partial charge in [0.05, 0.1) is 0 Å². The van der Waals surface area contributed by atoms with Gasteiger partial charge in [0.2, 0.25) is 0 Å². The Bertz CT molecular complexity index is 667. The molecule has 0 heterocycles. The minimum absolute atomic E-state index is 0.0474. The van der Waals surface area contributed by atoms with Crippen LogP contribution in [0.15, 0.2) is 29.3 Å². The number of nitrogens with one attached hydrogen (secondary N) is 3. The number of aliphatic imine (C=N–C) groups is 1. The molecule has 0 aliphatic heterocycles. The fraction of sp³-hybridized carbons (Fsp3) is 0.652. The summed E-state index contributed by atoms with van der Waals surface area (Å²) in [5.41, 5.74) is 1.09. The Balaban J connectivity index is 1.33. The molecule has 3 rings (SSSR count). The van der Waals surface area contributed by atoms with Crippen molar-refractivity contribution in [1.82, 2.24) is 16.0 Å². The van der Waals surface area contributed by atoms with Crippen molar-refractivity contribution in [1.29, 1.82) is 0 Å². The van der Waals surface area contributed by atoms with E-state index in [1.54, 1.807) is 7.05 Å². The van der Waals surface area contributed by atoms with Crippen molar-refractivity contribution >= 4 is 11.9 Å². The van der Waals surface area contributed by atoms with E-state index >= 15 is 0 Å². The van der Waals surface area contributed by atoms with Gasteiger partial charge in [-0.15, -0.1) is 0 Å². The van der Waals surface area contributed by atoms with Crippen molar-refractivity contribution in [3.05, 3.63) is 29.8 Å². The second kappa shape index (κ2) is 11.7. The summed E-state index contributed by atoms with van der Waals surface area (Å²) in [5.74, 6) is 2.41. The van der Waals surface area contributed by atoms with E-state index in [9.17, 15) is 4.79 Å². The van der Waals surface area contributed by atoms with Gasteiger partial charge in [-0.3, -0.25) is 9.79 Å². The molecule has 0 spiro atoms. The summed E-state index contributed by atoms with van der Waals surface area (Å²) >= 11 is 0. The molecule has 2 aliphatic rings. The van der Waals surface area contributed by atoms with Gasteiger partial charge < -0.3 is 20.7 Å². The molecule has 1 amide bonds. The minimum atomic E-state index is -0.0474. The average Bonchev–Trinajstić information content (AvgIpc) is 3.57. The van der Waals surface area contributed by atoms with Crippen LogP contribution >= 0.6 is 0 Å². The molecule has 3 N–H and O–H groups in total. The van der Waals surface area contributed by atoms with Crippen LogP contribution in [-0.2, 0) is 11.3 Å². The molecule has 1 aromatic rings. The summed E-state index contributed by atoms with van der Waals surface area (Å²) in [4.78, 5) is 16.1. The zero-order chi connectivity index (χ0) is 20.3. The summed E-state index contributed by atoms with van der Waals surface area (Å²) in [6, 6.07) is 8.20. The maximum Gasteiger partial charge on any atom is 0.258 e. The van der Waals surface area contributed by atoms with Crippen molar-refractivity contribution in [3.63, 3.8) is 0 Å². The highest BCUT2D eigenvalue weighted by molar-refractivity contribution is 5.79. The topological polar surface area (TPSA) is 74.8 Å². The largest absolute Gasteiger partial charge is 0.484 e. The van der Waals surface area contributed by atoms with Crippen LogP contribution in [0.3, 0.4) is 0 Å². The molecule has 1 aromatic carbocycles. The number of carbonyl (C=O) groups excluding carboxylic acids is 1. The van der Waals surface area contributed by atoms with Gasteiger partial charge in [0.15, 0.2) is 12.6 Å². The Kier molecular flexibility index (Phi) is 8.65. The number of ether oxygens (including phenoxy) is 1. The van der Waals surface area contributed by atoms with E-state index in [1.165, 1.54) is 44.9 Å². The predicted octanol–water partition coefficient (Wildman–Crippen LogP) is 3.37. The van der Waals surface area contributed by atoms with Gasteiger partial charge in [0, 0.05) is 26.2 Å². The lowest BCUT2D eigenvalue weighted by Crippen LogP contribution is -2.37. The smallest absolute Gasteiger partial charge is 0.258 e. The highest BCUT2D eigenvalue weighted by Gasteiger charge is 2.23. The van der Waals surface area contributed by atoms with Crippen molar-refractivity contribution in [2.24, 2.45) is 10.9 Å². The van der Waals surface area contributed by atoms with Crippen LogP contribution in [-0.4, -0.2) is 38.1 Å². The van der Waals surface area contributed by atoms with Gasteiger partial charge in [-0.1, -0.05) is 44.2 Å². The van der Waals surface area contributed by atoms with Gasteiger partial charge in [-0.05, 0) is 49.3 Å². The molecule has 0 atom stereocenters. The Morgan fingerprint density at radius 1 is 1.14 bits per heavy atom. The highest BCUT2D eigenvalue weighted by Crippen LogP contribution is 2.26. The third-order valence-corrected chi connectivity index (χ3v) is 5.70. The molecule has 160 valence electrons. The SMILES string of the molecule is CN=C(NCCCC1CCCCC1)NCc1cccc(OCC(=O)NC2CC2)c1. The molecule has 29 heavy (non-hydrogen) atoms. The summed E-state index contributed by atoms with van der Waals surface area (Å²) < 4.78 is 5.62. The van der Waals surface area contributed by atoms with Crippen molar-refractivity contribution in [2.45, 2.75) is 70.4 Å². The minimum Gasteiger partial charge on any atom is -0.484 e. The number of hydrogen-bond donors (Lipinski definition) is 3. The summed E-state index contributed by atoms with van der Waals surface area (Å²) in [6.45, 7) is 1.68. The molecule has 0 unspecified atom stereocenters. The molecule has 2 saturated carbocycles. The van der Waals surface area contributed by atoms with Crippen LogP contribution in [0.1, 0.15) is 63.4 Å². The first-order valence-corrected chi connectivity index (χ1v) is 11.2. The third-order valence-electron chi connectivity index (χ3n) is 5.70. The number of amides is 1. The Hall–Kier alpha value is -2.24. The number of guanidine groups is 1. The summed E-state index contributed by atoms with van der Waals surface area (Å²) in [6.07, 6.45) is 11.7. The molecular weight excluding hydrogens is 364 g/mol. The van der Waals surface area contributed by atoms with Crippen LogP contribution in [0.5, 0.6) is 5.75 Å². The maximum atomic E-state index is 11.8. The van der Waals surface area contributed by atoms with Crippen LogP contribution in [0.2, 0.25) is 0 Å². The number of nitrogens with zero attached hydrogens (tertiary/aromatic N) is 1. The molecule has 0 radical (unpaired) electrons. The van der Waals surface area contributed by atoms with Crippen molar-refractivity contribution in [3.8, 4) is 5.75 Å². The molecular formula is C23H36N4O2. The Morgan fingerprint density at radius 3 is 2.72 bits per heavy atom. The molecule has 6 nitrogen and oxygen atoms in total. The average molecular weight is 401 g/mol. The number of rotatable bonds is 10. The van der Waals surface area contributed by atoms with E-state index in [0.29, 0.717) is 18.3 Å². The fourth-order valence-electron chi connectivity index (χ4n) is 3.87. The third kappa shape index (κ3) is 8.34. The molecule has 2 fully saturated rings. The maximum absolute atomic E-state index is 11.8. The van der Waals surface area contributed by atoms with Gasteiger partial charge in [-0.25, -0.2) is 0 Å². The van der Waals surface area contributed by atoms with Crippen molar-refractivity contribution < 1.29 is 9.53 Å². The number of carbonyl (C=O) groups is 1. The molecule has 6 heteroatoms. The highest BCUT2D eigenvalue weighted by atomic mass is 16.5. The Labute approximate surface area is 174 Å². The van der Waals surface area contributed by atoms with E-state index in [0.717, 1.165) is 36.8 Å². The monoisotopic (exact) mass is 400 g/mol. The van der Waals surface area contributed by atoms with Crippen LogP contribution in [0, 0.1) is 5.92 Å². The van der Waals surface area contributed by atoms with Gasteiger partial charge in [-0.2, -0.15) is 0 Å². The molecule has 0 saturated heterocycles. The number of hydrogen-bond acceptors (Lipinski definition) is 3. The van der Waals surface area contributed by atoms with E-state index in [4.69, 9.17) is 4.74 Å². The zero-order valence-corrected chi connectivity index (χ0v) is 17.7. The predicted molar refractivity (Wildman–Crippen MR) is 117 cm³/mol. The number of benzene rings is 1. The van der Waals surface area contributed by atoms with E-state index in [2.05, 4.69) is 20.9 Å². The van der Waals surface area contributed by atoms with Crippen LogP contribution in [0.25, 0.3) is 0 Å². The summed E-state index contributed by atoms with van der Waals surface area (Å²) in [7, 11) is 1.80. The second-order valence-electron chi connectivity index (χ2n) is 8.28. The summed E-state index contributed by atoms with van der Waals surface area (Å²) in [5, 5.41) is 9.70. The molecule has 0 aromatic heterocycles. The van der Waals surface area contributed by atoms with Gasteiger partial charge in [0.1, 0.15) is 5.75 Å². The van der Waals surface area contributed by atoms with E-state index in [1.807, 2.05) is 24.3 Å². The quantitative estimate of drug-likeness (QED) is 0.320. The van der Waals surface area contributed by atoms with Gasteiger partial charge in [0.25, 0.3) is 5.91 Å². The lowest BCUT2D eigenvalue weighted by atomic mass is 9.86. The Morgan fingerprint density at radius 2 is 1.97 bits per heavy atom. The lowest BCUT2D eigenvalue weighted by molar-refractivity contribution is -0.123. The van der Waals surface area contributed by atoms with E-state index < -0.39 is 0 Å². The van der Waals surface area contributed by atoms with Gasteiger partial charge >= 0.3 is 0 Å². The normalized spacial score (nSPS) is 17.6. The first-order valence-electron chi connectivity index (χ1n) is 11.2. The van der Waals surface area contributed by atoms with E-state index in [-0.39, 0.29) is 12.5 Å². The zero-order valence-electron chi connectivity index (χ0n) is 17.7. The molecule has 2 aliphatic carbocycles. The molecule has 0 bridgehead atoms. The van der Waals surface area contributed by atoms with Crippen LogP contribution < -0.4 is 20.7 Å². The fourth-order valence-corrected chi connectivity index (χ4v) is 3.87. The van der Waals surface area contributed by atoms with Crippen molar-refractivity contribution in [2.75, 3.05) is 20.2 Å².